The van der Waals surface area contributed by atoms with Crippen molar-refractivity contribution >= 4 is 11.6 Å². The van der Waals surface area contributed by atoms with E-state index in [2.05, 4.69) is 60.2 Å². The Kier molecular flexibility index (Phi) is 7.30. The number of anilines is 2. The zero-order valence-electron chi connectivity index (χ0n) is 13.5. The van der Waals surface area contributed by atoms with Crippen molar-refractivity contribution in [2.45, 2.75) is 46.6 Å². The van der Waals surface area contributed by atoms with Crippen LogP contribution < -0.4 is 10.6 Å². The van der Waals surface area contributed by atoms with E-state index in [9.17, 15) is 0 Å². The third-order valence-corrected chi connectivity index (χ3v) is 3.50. The Morgan fingerprint density at radius 3 is 2.35 bits per heavy atom. The third-order valence-electron chi connectivity index (χ3n) is 3.50. The van der Waals surface area contributed by atoms with E-state index in [-0.39, 0.29) is 0 Å². The summed E-state index contributed by atoms with van der Waals surface area (Å²) in [6.07, 6.45) is 3.66. The molecule has 1 aromatic rings. The predicted octanol–water partition coefficient (Wildman–Crippen LogP) is 2.61. The van der Waals surface area contributed by atoms with Crippen LogP contribution in [0.4, 0.5) is 11.6 Å². The van der Waals surface area contributed by atoms with Gasteiger partial charge >= 0.3 is 0 Å². The Bertz CT molecular complexity index is 392. The van der Waals surface area contributed by atoms with Gasteiger partial charge in [-0.25, -0.2) is 9.97 Å². The molecule has 0 radical (unpaired) electrons. The molecule has 5 heteroatoms. The third kappa shape index (κ3) is 4.96. The van der Waals surface area contributed by atoms with Crippen LogP contribution in [-0.2, 0) is 6.42 Å². The normalized spacial score (nSPS) is 11.2. The molecule has 5 nitrogen and oxygen atoms in total. The van der Waals surface area contributed by atoms with E-state index in [0.717, 1.165) is 44.1 Å². The van der Waals surface area contributed by atoms with Gasteiger partial charge in [0.15, 0.2) is 0 Å². The molecular weight excluding hydrogens is 250 g/mol. The largest absolute Gasteiger partial charge is 0.370 e. The molecule has 0 aliphatic carbocycles. The van der Waals surface area contributed by atoms with Crippen molar-refractivity contribution in [2.75, 3.05) is 37.3 Å². The summed E-state index contributed by atoms with van der Waals surface area (Å²) in [5.74, 6) is 1.91. The molecular formula is C15H29N5. The summed E-state index contributed by atoms with van der Waals surface area (Å²) in [5, 5.41) is 6.73. The lowest BCUT2D eigenvalue weighted by atomic mass is 10.2. The van der Waals surface area contributed by atoms with Crippen LogP contribution in [0.3, 0.4) is 0 Å². The molecule has 0 amide bonds. The highest BCUT2D eigenvalue weighted by molar-refractivity contribution is 5.57. The van der Waals surface area contributed by atoms with E-state index in [1.165, 1.54) is 5.56 Å². The SMILES string of the molecule is CCNc1ncnc(NCCCN(C)C(C)C)c1CC. The van der Waals surface area contributed by atoms with Crippen molar-refractivity contribution in [2.24, 2.45) is 0 Å². The van der Waals surface area contributed by atoms with Crippen molar-refractivity contribution in [1.29, 1.82) is 0 Å². The summed E-state index contributed by atoms with van der Waals surface area (Å²) in [6, 6.07) is 0.598. The Labute approximate surface area is 123 Å². The lowest BCUT2D eigenvalue weighted by Gasteiger charge is -2.21. The van der Waals surface area contributed by atoms with Gasteiger partial charge in [0, 0.05) is 24.7 Å². The Hall–Kier alpha value is -1.36. The molecule has 2 N–H and O–H groups in total. The van der Waals surface area contributed by atoms with E-state index < -0.39 is 0 Å². The summed E-state index contributed by atoms with van der Waals surface area (Å²) >= 11 is 0. The molecule has 0 unspecified atom stereocenters. The van der Waals surface area contributed by atoms with Gasteiger partial charge in [-0.05, 0) is 47.2 Å². The Morgan fingerprint density at radius 1 is 1.15 bits per heavy atom. The van der Waals surface area contributed by atoms with Crippen LogP contribution in [0, 0.1) is 0 Å². The monoisotopic (exact) mass is 279 g/mol. The van der Waals surface area contributed by atoms with Crippen LogP contribution in [0.2, 0.25) is 0 Å². The zero-order chi connectivity index (χ0) is 15.0. The number of aromatic nitrogens is 2. The van der Waals surface area contributed by atoms with Crippen molar-refractivity contribution in [3.63, 3.8) is 0 Å². The van der Waals surface area contributed by atoms with Crippen molar-refractivity contribution in [3.8, 4) is 0 Å². The first-order valence-electron chi connectivity index (χ1n) is 7.61. The molecule has 0 fully saturated rings. The van der Waals surface area contributed by atoms with Gasteiger partial charge in [0.05, 0.1) is 0 Å². The Morgan fingerprint density at radius 2 is 1.80 bits per heavy atom. The van der Waals surface area contributed by atoms with E-state index in [1.807, 2.05) is 0 Å². The molecule has 0 aromatic carbocycles. The summed E-state index contributed by atoms with van der Waals surface area (Å²) in [7, 11) is 2.16. The molecule has 0 saturated carbocycles. The second-order valence-corrected chi connectivity index (χ2v) is 5.29. The van der Waals surface area contributed by atoms with Gasteiger partial charge in [0.1, 0.15) is 18.0 Å². The highest BCUT2D eigenvalue weighted by Gasteiger charge is 2.09. The van der Waals surface area contributed by atoms with Gasteiger partial charge in [0.25, 0.3) is 0 Å². The molecule has 114 valence electrons. The summed E-state index contributed by atoms with van der Waals surface area (Å²) in [4.78, 5) is 11.0. The quantitative estimate of drug-likeness (QED) is 0.681. The Balaban J connectivity index is 2.53. The topological polar surface area (TPSA) is 53.1 Å². The molecule has 0 saturated heterocycles. The van der Waals surface area contributed by atoms with Crippen LogP contribution >= 0.6 is 0 Å². The van der Waals surface area contributed by atoms with Crippen molar-refractivity contribution in [3.05, 3.63) is 11.9 Å². The molecule has 0 atom stereocenters. The van der Waals surface area contributed by atoms with Crippen LogP contribution in [0.1, 0.15) is 39.7 Å². The summed E-state index contributed by atoms with van der Waals surface area (Å²) in [6.45, 7) is 11.6. The first-order valence-corrected chi connectivity index (χ1v) is 7.61. The van der Waals surface area contributed by atoms with E-state index in [0.29, 0.717) is 6.04 Å². The van der Waals surface area contributed by atoms with Crippen LogP contribution in [0.15, 0.2) is 6.33 Å². The standard InChI is InChI=1S/C15H29N5/c1-6-13-14(16-7-2)18-11-19-15(13)17-9-8-10-20(5)12(3)4/h11-12H,6-10H2,1-5H3,(H2,16,17,18,19). The molecule has 1 aromatic heterocycles. The zero-order valence-corrected chi connectivity index (χ0v) is 13.5. The summed E-state index contributed by atoms with van der Waals surface area (Å²) in [5.41, 5.74) is 1.17. The highest BCUT2D eigenvalue weighted by Crippen LogP contribution is 2.20. The number of rotatable bonds is 9. The first-order chi connectivity index (χ1) is 9.60. The fourth-order valence-electron chi connectivity index (χ4n) is 2.01. The molecule has 20 heavy (non-hydrogen) atoms. The highest BCUT2D eigenvalue weighted by atomic mass is 15.1. The average Bonchev–Trinajstić information content (AvgIpc) is 2.43. The number of nitrogens with one attached hydrogen (secondary N) is 2. The lowest BCUT2D eigenvalue weighted by Crippen LogP contribution is -2.28. The maximum atomic E-state index is 4.37. The average molecular weight is 279 g/mol. The van der Waals surface area contributed by atoms with Gasteiger partial charge in [-0.3, -0.25) is 0 Å². The number of nitrogens with zero attached hydrogens (tertiary/aromatic N) is 3. The second kappa shape index (κ2) is 8.74. The fraction of sp³-hybridized carbons (Fsp3) is 0.733. The minimum atomic E-state index is 0.598. The number of hydrogen-bond acceptors (Lipinski definition) is 5. The van der Waals surface area contributed by atoms with Crippen LogP contribution in [0.5, 0.6) is 0 Å². The van der Waals surface area contributed by atoms with Crippen molar-refractivity contribution < 1.29 is 0 Å². The molecule has 1 rings (SSSR count). The van der Waals surface area contributed by atoms with E-state index in [4.69, 9.17) is 0 Å². The van der Waals surface area contributed by atoms with Gasteiger partial charge in [-0.1, -0.05) is 6.92 Å². The van der Waals surface area contributed by atoms with Crippen LogP contribution in [-0.4, -0.2) is 47.6 Å². The van der Waals surface area contributed by atoms with Gasteiger partial charge in [-0.15, -0.1) is 0 Å². The second-order valence-electron chi connectivity index (χ2n) is 5.29. The van der Waals surface area contributed by atoms with E-state index in [1.54, 1.807) is 6.33 Å². The van der Waals surface area contributed by atoms with Gasteiger partial charge in [0.2, 0.25) is 0 Å². The summed E-state index contributed by atoms with van der Waals surface area (Å²) < 4.78 is 0. The molecule has 0 spiro atoms. The molecule has 0 aliphatic heterocycles. The molecule has 0 aliphatic rings. The van der Waals surface area contributed by atoms with Crippen LogP contribution in [0.25, 0.3) is 0 Å². The first kappa shape index (κ1) is 16.7. The molecule has 1 heterocycles. The minimum Gasteiger partial charge on any atom is -0.370 e. The maximum Gasteiger partial charge on any atom is 0.134 e. The fourth-order valence-corrected chi connectivity index (χ4v) is 2.01. The minimum absolute atomic E-state index is 0.598. The lowest BCUT2D eigenvalue weighted by molar-refractivity contribution is 0.273. The van der Waals surface area contributed by atoms with Gasteiger partial charge < -0.3 is 15.5 Å². The smallest absolute Gasteiger partial charge is 0.134 e. The molecule has 0 bridgehead atoms. The maximum absolute atomic E-state index is 4.37. The van der Waals surface area contributed by atoms with E-state index >= 15 is 0 Å². The number of hydrogen-bond donors (Lipinski definition) is 2. The van der Waals surface area contributed by atoms with Gasteiger partial charge in [-0.2, -0.15) is 0 Å². The van der Waals surface area contributed by atoms with Crippen molar-refractivity contribution in [1.82, 2.24) is 14.9 Å². The predicted molar refractivity (Wildman–Crippen MR) is 86.4 cm³/mol.